The van der Waals surface area contributed by atoms with Gasteiger partial charge in [-0.15, -0.1) is 0 Å². The average molecular weight is 491 g/mol. The minimum absolute atomic E-state index is 0.131. The molecule has 2 fully saturated rings. The van der Waals surface area contributed by atoms with Crippen LogP contribution >= 0.6 is 0 Å². The number of azide groups is 1. The Bertz CT molecular complexity index is 711. The number of nitrogens with zero attached hydrogens (tertiary/aromatic N) is 3. The Hall–Kier alpha value is -1.91. The molecule has 10 atom stereocenters. The molecular formula is C19H33N5O10. The maximum absolute atomic E-state index is 11.5. The van der Waals surface area contributed by atoms with Crippen molar-refractivity contribution in [3.8, 4) is 0 Å². The van der Waals surface area contributed by atoms with E-state index in [0.29, 0.717) is 25.8 Å². The van der Waals surface area contributed by atoms with Gasteiger partial charge in [-0.3, -0.25) is 0 Å². The Balaban J connectivity index is 2.17. The highest BCUT2D eigenvalue weighted by Gasteiger charge is 2.51. The van der Waals surface area contributed by atoms with Gasteiger partial charge in [0.2, 0.25) is 0 Å². The third-order valence-corrected chi connectivity index (χ3v) is 5.82. The fourth-order valence-electron chi connectivity index (χ4n) is 3.96. The summed E-state index contributed by atoms with van der Waals surface area (Å²) in [6, 6.07) is -0.901. The number of carbonyl (C=O) groups excluding carboxylic acids is 1. The largest absolute Gasteiger partial charge is 0.479 e. The number of aldehydes is 1. The first-order valence-corrected chi connectivity index (χ1v) is 10.9. The summed E-state index contributed by atoms with van der Waals surface area (Å²) >= 11 is 0. The summed E-state index contributed by atoms with van der Waals surface area (Å²) < 4.78 is 22.4. The molecule has 15 nitrogen and oxygen atoms in total. The Morgan fingerprint density at radius 3 is 2.56 bits per heavy atom. The zero-order valence-electron chi connectivity index (χ0n) is 19.0. The zero-order valence-corrected chi connectivity index (χ0v) is 19.0. The number of aliphatic hydroxyl groups excluding tert-OH is 3. The monoisotopic (exact) mass is 491 g/mol. The van der Waals surface area contributed by atoms with Gasteiger partial charge >= 0.3 is 5.97 Å². The van der Waals surface area contributed by atoms with Gasteiger partial charge in [0, 0.05) is 31.0 Å². The van der Waals surface area contributed by atoms with Crippen LogP contribution in [0.25, 0.3) is 10.4 Å². The summed E-state index contributed by atoms with van der Waals surface area (Å²) in [4.78, 5) is 25.1. The van der Waals surface area contributed by atoms with Crippen LogP contribution in [0.1, 0.15) is 13.3 Å². The van der Waals surface area contributed by atoms with Crippen LogP contribution in [0.3, 0.4) is 0 Å². The third kappa shape index (κ3) is 7.05. The van der Waals surface area contributed by atoms with Crippen LogP contribution in [0, 0.1) is 5.92 Å². The van der Waals surface area contributed by atoms with Gasteiger partial charge in [0.05, 0.1) is 18.7 Å². The molecule has 6 N–H and O–H groups in total. The van der Waals surface area contributed by atoms with Crippen molar-refractivity contribution >= 4 is 12.3 Å². The highest BCUT2D eigenvalue weighted by molar-refractivity contribution is 5.73. The van der Waals surface area contributed by atoms with E-state index in [2.05, 4.69) is 20.7 Å². The molecule has 0 aromatic rings. The van der Waals surface area contributed by atoms with E-state index in [9.17, 15) is 30.0 Å². The number of carboxylic acids is 1. The van der Waals surface area contributed by atoms with Crippen molar-refractivity contribution in [3.05, 3.63) is 10.4 Å². The van der Waals surface area contributed by atoms with Gasteiger partial charge in [0.25, 0.3) is 0 Å². The molecule has 2 aliphatic heterocycles. The smallest absolute Gasteiger partial charge is 0.333 e. The maximum atomic E-state index is 11.5. The highest BCUT2D eigenvalue weighted by Crippen LogP contribution is 2.31. The number of nitrogens with one attached hydrogen (secondary N) is 2. The molecule has 0 radical (unpaired) electrons. The molecule has 0 saturated carbocycles. The molecule has 0 aromatic heterocycles. The van der Waals surface area contributed by atoms with Crippen molar-refractivity contribution < 1.29 is 49.0 Å². The zero-order chi connectivity index (χ0) is 25.3. The molecule has 2 aliphatic rings. The fraction of sp³-hybridized carbons (Fsp3) is 0.895. The number of methoxy groups -OCH3 is 1. The van der Waals surface area contributed by atoms with Gasteiger partial charge in [0.15, 0.2) is 18.7 Å². The van der Waals surface area contributed by atoms with E-state index < -0.39 is 67.1 Å². The molecular weight excluding hydrogens is 458 g/mol. The predicted octanol–water partition coefficient (Wildman–Crippen LogP) is -2.28. The second kappa shape index (κ2) is 13.8. The molecule has 0 bridgehead atoms. The molecule has 2 saturated heterocycles. The standard InChI is InChI=1S/C19H33N5O10/c1-9-12(26)14(28)19(33-15(9)17(29)30)34-16-11(22-6-7-25)18(31-2)32-10(13(16)27)8-21-4-3-5-23-24-20/h7,9-16,18-19,21-22,26-28H,3-6,8H2,1-2H3,(H,29,30). The minimum atomic E-state index is -1.59. The number of aliphatic hydroxyl groups is 3. The summed E-state index contributed by atoms with van der Waals surface area (Å²) in [5.74, 6) is -2.25. The van der Waals surface area contributed by atoms with E-state index in [-0.39, 0.29) is 13.1 Å². The second-order valence-corrected chi connectivity index (χ2v) is 8.09. The number of carboxylic acid groups (broad SMARTS) is 1. The van der Waals surface area contributed by atoms with E-state index in [1.807, 2.05) is 0 Å². The van der Waals surface area contributed by atoms with Crippen molar-refractivity contribution in [2.24, 2.45) is 11.0 Å². The Kier molecular flexibility index (Phi) is 11.5. The molecule has 0 amide bonds. The van der Waals surface area contributed by atoms with E-state index in [0.717, 1.165) is 0 Å². The van der Waals surface area contributed by atoms with Crippen molar-refractivity contribution in [1.82, 2.24) is 10.6 Å². The lowest BCUT2D eigenvalue weighted by molar-refractivity contribution is -0.331. The molecule has 0 spiro atoms. The number of carbonyl (C=O) groups is 2. The van der Waals surface area contributed by atoms with Crippen LogP contribution in [-0.4, -0.2) is 121 Å². The van der Waals surface area contributed by atoms with Crippen molar-refractivity contribution in [3.63, 3.8) is 0 Å². The van der Waals surface area contributed by atoms with Crippen LogP contribution in [0.4, 0.5) is 0 Å². The first-order chi connectivity index (χ1) is 16.3. The summed E-state index contributed by atoms with van der Waals surface area (Å²) in [5, 5.41) is 50.5. The predicted molar refractivity (Wildman–Crippen MR) is 113 cm³/mol. The van der Waals surface area contributed by atoms with Gasteiger partial charge in [-0.05, 0) is 18.5 Å². The van der Waals surface area contributed by atoms with Crippen LogP contribution < -0.4 is 10.6 Å². The second-order valence-electron chi connectivity index (χ2n) is 8.09. The molecule has 2 heterocycles. The number of hydrogen-bond donors (Lipinski definition) is 6. The summed E-state index contributed by atoms with van der Waals surface area (Å²) in [5.41, 5.74) is 8.32. The topological polar surface area (TPSA) is 225 Å². The number of ether oxygens (including phenoxy) is 4. The third-order valence-electron chi connectivity index (χ3n) is 5.82. The SMILES string of the molecule is COC1OC(CNCCCN=[N+]=[N-])C(O)C(OC2OC(C(=O)O)C(C)C(O)C2O)C1NCC=O. The quantitative estimate of drug-likeness (QED) is 0.0527. The summed E-state index contributed by atoms with van der Waals surface area (Å²) in [6.45, 7) is 2.21. The summed E-state index contributed by atoms with van der Waals surface area (Å²) in [7, 11) is 1.36. The molecule has 2 rings (SSSR count). The fourth-order valence-corrected chi connectivity index (χ4v) is 3.96. The van der Waals surface area contributed by atoms with Gasteiger partial charge in [0.1, 0.15) is 30.7 Å². The lowest BCUT2D eigenvalue weighted by atomic mass is 9.90. The molecule has 0 aromatic carbocycles. The van der Waals surface area contributed by atoms with Gasteiger partial charge in [-0.2, -0.15) is 0 Å². The van der Waals surface area contributed by atoms with Crippen molar-refractivity contribution in [2.75, 3.05) is 33.3 Å². The van der Waals surface area contributed by atoms with E-state index in [4.69, 9.17) is 24.5 Å². The van der Waals surface area contributed by atoms with Crippen LogP contribution in [-0.2, 0) is 28.5 Å². The van der Waals surface area contributed by atoms with Gasteiger partial charge in [-0.25, -0.2) is 4.79 Å². The number of rotatable bonds is 13. The number of hydrogen-bond acceptors (Lipinski definition) is 12. The van der Waals surface area contributed by atoms with Crippen LogP contribution in [0.15, 0.2) is 5.11 Å². The first-order valence-electron chi connectivity index (χ1n) is 10.9. The Labute approximate surface area is 195 Å². The minimum Gasteiger partial charge on any atom is -0.479 e. The van der Waals surface area contributed by atoms with Crippen molar-refractivity contribution in [1.29, 1.82) is 0 Å². The maximum Gasteiger partial charge on any atom is 0.333 e. The highest BCUT2D eigenvalue weighted by atomic mass is 16.7. The normalized spacial score (nSPS) is 38.1. The van der Waals surface area contributed by atoms with E-state index in [1.54, 1.807) is 0 Å². The Morgan fingerprint density at radius 2 is 1.94 bits per heavy atom. The molecule has 0 aliphatic carbocycles. The summed E-state index contributed by atoms with van der Waals surface area (Å²) in [6.07, 6.45) is -9.28. The Morgan fingerprint density at radius 1 is 1.21 bits per heavy atom. The lowest BCUT2D eigenvalue weighted by Gasteiger charge is -2.47. The van der Waals surface area contributed by atoms with E-state index >= 15 is 0 Å². The van der Waals surface area contributed by atoms with Gasteiger partial charge < -0.3 is 54.8 Å². The average Bonchev–Trinajstić information content (AvgIpc) is 2.82. The molecule has 15 heteroatoms. The van der Waals surface area contributed by atoms with Crippen LogP contribution in [0.2, 0.25) is 0 Å². The number of aliphatic carboxylic acids is 1. The van der Waals surface area contributed by atoms with Crippen molar-refractivity contribution in [2.45, 2.75) is 68.6 Å². The van der Waals surface area contributed by atoms with Crippen LogP contribution in [0.5, 0.6) is 0 Å². The first kappa shape index (κ1) is 28.3. The molecule has 34 heavy (non-hydrogen) atoms. The molecule has 10 unspecified atom stereocenters. The van der Waals surface area contributed by atoms with E-state index in [1.165, 1.54) is 14.0 Å². The molecule has 194 valence electrons. The van der Waals surface area contributed by atoms with Gasteiger partial charge in [-0.1, -0.05) is 12.0 Å². The lowest BCUT2D eigenvalue weighted by Crippen LogP contribution is -2.67.